The summed E-state index contributed by atoms with van der Waals surface area (Å²) in [5.74, 6) is -0.350. The zero-order valence-corrected chi connectivity index (χ0v) is 12.6. The number of para-hydroxylation sites is 1. The van der Waals surface area contributed by atoms with E-state index in [0.29, 0.717) is 0 Å². The molecule has 0 fully saturated rings. The second kappa shape index (κ2) is 6.91. The number of carbonyl (C=O) groups is 1. The molecule has 0 atom stereocenters. The number of hydrogen-bond donors (Lipinski definition) is 1. The van der Waals surface area contributed by atoms with Crippen molar-refractivity contribution in [2.24, 2.45) is 0 Å². The third kappa shape index (κ3) is 3.95. The molecule has 0 unspecified atom stereocenters. The van der Waals surface area contributed by atoms with Gasteiger partial charge in [0, 0.05) is 23.8 Å². The van der Waals surface area contributed by atoms with Gasteiger partial charge in [0.25, 0.3) is 5.69 Å². The number of hydrogen-bond acceptors (Lipinski definition) is 4. The van der Waals surface area contributed by atoms with Crippen molar-refractivity contribution < 1.29 is 9.72 Å². The van der Waals surface area contributed by atoms with Gasteiger partial charge >= 0.3 is 0 Å². The minimum Gasteiger partial charge on any atom is -0.365 e. The van der Waals surface area contributed by atoms with Crippen LogP contribution in [-0.2, 0) is 4.79 Å². The van der Waals surface area contributed by atoms with Gasteiger partial charge in [-0.15, -0.1) is 0 Å². The average Bonchev–Trinajstić information content (AvgIpc) is 2.49. The first-order valence-corrected chi connectivity index (χ1v) is 6.85. The molecule has 114 valence electrons. The molecule has 0 heterocycles. The monoisotopic (exact) mass is 319 g/mol. The Hall–Kier alpha value is -2.60. The van der Waals surface area contributed by atoms with Crippen LogP contribution in [0.5, 0.6) is 0 Å². The molecule has 1 N–H and O–H groups in total. The van der Waals surface area contributed by atoms with E-state index >= 15 is 0 Å². The van der Waals surface area contributed by atoms with Crippen molar-refractivity contribution in [1.29, 1.82) is 0 Å². The van der Waals surface area contributed by atoms with Crippen molar-refractivity contribution in [3.05, 3.63) is 63.7 Å². The van der Waals surface area contributed by atoms with Crippen LogP contribution in [0.15, 0.2) is 48.5 Å². The minimum absolute atomic E-state index is 0.0732. The summed E-state index contributed by atoms with van der Waals surface area (Å²) in [5.41, 5.74) is 0.771. The van der Waals surface area contributed by atoms with Crippen molar-refractivity contribution in [2.45, 2.75) is 0 Å². The van der Waals surface area contributed by atoms with E-state index in [4.69, 9.17) is 11.6 Å². The van der Waals surface area contributed by atoms with Crippen molar-refractivity contribution in [1.82, 2.24) is 0 Å². The Balaban J connectivity index is 2.08. The van der Waals surface area contributed by atoms with Gasteiger partial charge in [-0.05, 0) is 24.3 Å². The maximum Gasteiger partial charge on any atom is 0.294 e. The van der Waals surface area contributed by atoms with Gasteiger partial charge in [-0.3, -0.25) is 14.9 Å². The highest BCUT2D eigenvalue weighted by atomic mass is 35.5. The van der Waals surface area contributed by atoms with Crippen LogP contribution in [0.2, 0.25) is 5.02 Å². The third-order valence-electron chi connectivity index (χ3n) is 3.01. The highest BCUT2D eigenvalue weighted by Gasteiger charge is 2.17. The van der Waals surface area contributed by atoms with E-state index < -0.39 is 4.92 Å². The van der Waals surface area contributed by atoms with Crippen molar-refractivity contribution >= 4 is 34.6 Å². The zero-order chi connectivity index (χ0) is 16.1. The fourth-order valence-electron chi connectivity index (χ4n) is 1.94. The van der Waals surface area contributed by atoms with Crippen LogP contribution in [0.25, 0.3) is 0 Å². The number of nitro benzene ring substituents is 1. The van der Waals surface area contributed by atoms with Crippen molar-refractivity contribution in [3.63, 3.8) is 0 Å². The second-order valence-corrected chi connectivity index (χ2v) is 5.09. The molecule has 0 aliphatic heterocycles. The first kappa shape index (κ1) is 15.8. The van der Waals surface area contributed by atoms with Gasteiger partial charge in [0.05, 0.1) is 11.5 Å². The third-order valence-corrected chi connectivity index (χ3v) is 3.24. The number of rotatable bonds is 5. The van der Waals surface area contributed by atoms with Gasteiger partial charge < -0.3 is 10.2 Å². The fourth-order valence-corrected chi connectivity index (χ4v) is 2.11. The van der Waals surface area contributed by atoms with Gasteiger partial charge in [0.2, 0.25) is 5.91 Å². The number of nitrogens with one attached hydrogen (secondary N) is 1. The Morgan fingerprint density at radius 3 is 2.59 bits per heavy atom. The number of amides is 1. The predicted octanol–water partition coefficient (Wildman–Crippen LogP) is 3.32. The van der Waals surface area contributed by atoms with E-state index in [0.717, 1.165) is 5.69 Å². The molecule has 0 aliphatic rings. The summed E-state index contributed by atoms with van der Waals surface area (Å²) in [6.45, 7) is 0.0732. The standard InChI is InChI=1S/C15H14ClN3O3/c1-18(12-5-3-2-4-6-12)10-15(20)17-13-8-7-11(16)9-14(13)19(21)22/h2-9H,10H2,1H3,(H,17,20). The minimum atomic E-state index is -0.581. The summed E-state index contributed by atoms with van der Waals surface area (Å²) in [6.07, 6.45) is 0. The molecule has 0 aromatic heterocycles. The molecule has 1 amide bonds. The summed E-state index contributed by atoms with van der Waals surface area (Å²) in [7, 11) is 1.77. The molecule has 0 saturated heterocycles. The predicted molar refractivity (Wildman–Crippen MR) is 86.4 cm³/mol. The molecule has 6 nitrogen and oxygen atoms in total. The lowest BCUT2D eigenvalue weighted by atomic mass is 10.2. The molecule has 0 aliphatic carbocycles. The van der Waals surface area contributed by atoms with Crippen LogP contribution < -0.4 is 10.2 Å². The number of halogens is 1. The van der Waals surface area contributed by atoms with Gasteiger partial charge in [-0.2, -0.15) is 0 Å². The van der Waals surface area contributed by atoms with Crippen molar-refractivity contribution in [3.8, 4) is 0 Å². The number of benzene rings is 2. The Kier molecular flexibility index (Phi) is 4.95. The highest BCUT2D eigenvalue weighted by molar-refractivity contribution is 6.31. The van der Waals surface area contributed by atoms with E-state index in [1.54, 1.807) is 11.9 Å². The molecule has 22 heavy (non-hydrogen) atoms. The first-order chi connectivity index (χ1) is 10.5. The Morgan fingerprint density at radius 1 is 1.27 bits per heavy atom. The molecule has 0 radical (unpaired) electrons. The SMILES string of the molecule is CN(CC(=O)Nc1ccc(Cl)cc1[N+](=O)[O-])c1ccccc1. The van der Waals surface area contributed by atoms with Crippen molar-refractivity contribution in [2.75, 3.05) is 23.8 Å². The molecule has 2 aromatic rings. The number of nitrogens with zero attached hydrogens (tertiary/aromatic N) is 2. The zero-order valence-electron chi connectivity index (χ0n) is 11.8. The summed E-state index contributed by atoms with van der Waals surface area (Å²) < 4.78 is 0. The summed E-state index contributed by atoms with van der Waals surface area (Å²) in [5, 5.41) is 13.8. The van der Waals surface area contributed by atoms with E-state index in [9.17, 15) is 14.9 Å². The second-order valence-electron chi connectivity index (χ2n) is 4.66. The van der Waals surface area contributed by atoms with Crippen LogP contribution in [0.3, 0.4) is 0 Å². The van der Waals surface area contributed by atoms with Crippen LogP contribution >= 0.6 is 11.6 Å². The lowest BCUT2D eigenvalue weighted by Gasteiger charge is -2.18. The average molecular weight is 320 g/mol. The van der Waals surface area contributed by atoms with Crippen LogP contribution in [0.4, 0.5) is 17.1 Å². The molecule has 0 saturated carbocycles. The van der Waals surface area contributed by atoms with E-state index in [2.05, 4.69) is 5.32 Å². The summed E-state index contributed by atoms with van der Waals surface area (Å²) in [4.78, 5) is 24.2. The molecular formula is C15H14ClN3O3. The van der Waals surface area contributed by atoms with Gasteiger partial charge in [0.1, 0.15) is 5.69 Å². The maximum atomic E-state index is 12.0. The topological polar surface area (TPSA) is 75.5 Å². The largest absolute Gasteiger partial charge is 0.365 e. The first-order valence-electron chi connectivity index (χ1n) is 6.47. The lowest BCUT2D eigenvalue weighted by Crippen LogP contribution is -2.30. The quantitative estimate of drug-likeness (QED) is 0.677. The molecule has 0 spiro atoms. The van der Waals surface area contributed by atoms with E-state index in [1.807, 2.05) is 30.3 Å². The molecule has 2 rings (SSSR count). The van der Waals surface area contributed by atoms with Crippen LogP contribution in [0, 0.1) is 10.1 Å². The highest BCUT2D eigenvalue weighted by Crippen LogP contribution is 2.27. The van der Waals surface area contributed by atoms with Crippen LogP contribution in [0.1, 0.15) is 0 Å². The molecule has 2 aromatic carbocycles. The number of anilines is 2. The molecule has 0 bridgehead atoms. The molecule has 7 heteroatoms. The number of likely N-dealkylation sites (N-methyl/N-ethyl adjacent to an activating group) is 1. The Bertz CT molecular complexity index is 692. The Morgan fingerprint density at radius 2 is 1.95 bits per heavy atom. The van der Waals surface area contributed by atoms with E-state index in [1.165, 1.54) is 18.2 Å². The van der Waals surface area contributed by atoms with Gasteiger partial charge in [-0.25, -0.2) is 0 Å². The van der Waals surface area contributed by atoms with Gasteiger partial charge in [0.15, 0.2) is 0 Å². The summed E-state index contributed by atoms with van der Waals surface area (Å²) >= 11 is 5.74. The maximum absolute atomic E-state index is 12.0. The van der Waals surface area contributed by atoms with E-state index in [-0.39, 0.29) is 28.8 Å². The number of carbonyl (C=O) groups excluding carboxylic acids is 1. The summed E-state index contributed by atoms with van der Waals surface area (Å²) in [6, 6.07) is 13.5. The molecular weight excluding hydrogens is 306 g/mol. The fraction of sp³-hybridized carbons (Fsp3) is 0.133. The number of nitro groups is 1. The lowest BCUT2D eigenvalue weighted by molar-refractivity contribution is -0.383. The van der Waals surface area contributed by atoms with Gasteiger partial charge in [-0.1, -0.05) is 29.8 Å². The smallest absolute Gasteiger partial charge is 0.294 e. The van der Waals surface area contributed by atoms with Crippen LogP contribution in [-0.4, -0.2) is 24.4 Å². The normalized spacial score (nSPS) is 10.1. The Labute approximate surface area is 132 Å².